The van der Waals surface area contributed by atoms with E-state index in [2.05, 4.69) is 25.8 Å². The number of aryl methyl sites for hydroxylation is 1. The zero-order valence-electron chi connectivity index (χ0n) is 12.7. The molecule has 4 aromatic rings. The Bertz CT molecular complexity index is 1020. The Hall–Kier alpha value is -3.13. The molecule has 118 valence electrons. The van der Waals surface area contributed by atoms with Crippen LogP contribution in [0.3, 0.4) is 0 Å². The number of rotatable bonds is 3. The summed E-state index contributed by atoms with van der Waals surface area (Å²) in [5.74, 6) is -0.221. The first kappa shape index (κ1) is 14.5. The summed E-state index contributed by atoms with van der Waals surface area (Å²) < 4.78 is 2.50. The largest absolute Gasteiger partial charge is 0.322 e. The lowest BCUT2D eigenvalue weighted by molar-refractivity contribution is 0.102. The molecule has 0 unspecified atom stereocenters. The average molecular weight is 336 g/mol. The van der Waals surface area contributed by atoms with E-state index in [9.17, 15) is 4.79 Å². The van der Waals surface area contributed by atoms with E-state index in [1.807, 2.05) is 31.2 Å². The fourth-order valence-corrected chi connectivity index (χ4v) is 3.32. The van der Waals surface area contributed by atoms with Gasteiger partial charge in [-0.1, -0.05) is 12.1 Å². The van der Waals surface area contributed by atoms with Crippen LogP contribution in [0.4, 0.5) is 5.69 Å². The Morgan fingerprint density at radius 1 is 1.21 bits per heavy atom. The Morgan fingerprint density at radius 2 is 2.08 bits per heavy atom. The lowest BCUT2D eigenvalue weighted by atomic mass is 10.1. The number of para-hydroxylation sites is 1. The maximum Gasteiger partial charge on any atom is 0.257 e. The minimum absolute atomic E-state index is 0.221. The van der Waals surface area contributed by atoms with Gasteiger partial charge in [0.2, 0.25) is 0 Å². The van der Waals surface area contributed by atoms with Gasteiger partial charge < -0.3 is 5.32 Å². The van der Waals surface area contributed by atoms with Crippen molar-refractivity contribution in [1.82, 2.24) is 25.2 Å². The van der Waals surface area contributed by atoms with E-state index >= 15 is 0 Å². The molecule has 0 saturated heterocycles. The van der Waals surface area contributed by atoms with Crippen molar-refractivity contribution < 1.29 is 4.79 Å². The van der Waals surface area contributed by atoms with Gasteiger partial charge in [-0.25, -0.2) is 4.98 Å². The molecule has 1 amide bonds. The first-order chi connectivity index (χ1) is 11.7. The summed E-state index contributed by atoms with van der Waals surface area (Å²) >= 11 is 1.60. The van der Waals surface area contributed by atoms with Gasteiger partial charge in [0.05, 0.1) is 26.5 Å². The van der Waals surface area contributed by atoms with Crippen LogP contribution in [0.1, 0.15) is 15.4 Å². The van der Waals surface area contributed by atoms with E-state index in [1.54, 1.807) is 29.5 Å². The molecule has 4 rings (SSSR count). The lowest BCUT2D eigenvalue weighted by Gasteiger charge is -2.09. The topological polar surface area (TPSA) is 85.6 Å². The van der Waals surface area contributed by atoms with E-state index in [-0.39, 0.29) is 5.91 Å². The second kappa shape index (κ2) is 5.82. The highest BCUT2D eigenvalue weighted by Crippen LogP contribution is 2.25. The van der Waals surface area contributed by atoms with Crippen molar-refractivity contribution in [2.24, 2.45) is 0 Å². The van der Waals surface area contributed by atoms with Crippen LogP contribution in [0.2, 0.25) is 0 Å². The Balaban J connectivity index is 1.66. The maximum atomic E-state index is 12.7. The molecule has 0 aliphatic rings. The van der Waals surface area contributed by atoms with Crippen LogP contribution in [0.15, 0.2) is 48.8 Å². The summed E-state index contributed by atoms with van der Waals surface area (Å²) in [6.07, 6.45) is 1.46. The fourth-order valence-electron chi connectivity index (χ4n) is 2.45. The zero-order valence-corrected chi connectivity index (χ0v) is 13.5. The highest BCUT2D eigenvalue weighted by molar-refractivity contribution is 7.18. The summed E-state index contributed by atoms with van der Waals surface area (Å²) in [5, 5.41) is 15.0. The molecule has 0 atom stereocenters. The number of hydrogen-bond donors (Lipinski definition) is 1. The molecule has 0 aliphatic carbocycles. The minimum atomic E-state index is -0.221. The number of carbonyl (C=O) groups excluding carboxylic acids is 1. The highest BCUT2D eigenvalue weighted by atomic mass is 32.1. The summed E-state index contributed by atoms with van der Waals surface area (Å²) in [6.45, 7) is 1.96. The Morgan fingerprint density at radius 3 is 2.92 bits per heavy atom. The van der Waals surface area contributed by atoms with E-state index in [0.29, 0.717) is 11.3 Å². The molecule has 0 bridgehead atoms. The number of benzene rings is 2. The molecule has 2 aromatic carbocycles. The molecule has 0 radical (unpaired) electrons. The minimum Gasteiger partial charge on any atom is -0.322 e. The number of fused-ring (bicyclic) bond motifs is 1. The van der Waals surface area contributed by atoms with Gasteiger partial charge in [0, 0.05) is 5.69 Å². The van der Waals surface area contributed by atoms with Gasteiger partial charge in [-0.15, -0.1) is 16.4 Å². The summed E-state index contributed by atoms with van der Waals surface area (Å²) in [4.78, 5) is 17.1. The molecule has 1 N–H and O–H groups in total. The van der Waals surface area contributed by atoms with Crippen molar-refractivity contribution in [2.45, 2.75) is 6.92 Å². The first-order valence-electron chi connectivity index (χ1n) is 7.21. The van der Waals surface area contributed by atoms with Crippen LogP contribution < -0.4 is 5.32 Å². The highest BCUT2D eigenvalue weighted by Gasteiger charge is 2.14. The van der Waals surface area contributed by atoms with Crippen molar-refractivity contribution in [1.29, 1.82) is 0 Å². The average Bonchev–Trinajstić information content (AvgIpc) is 3.23. The normalized spacial score (nSPS) is 10.9. The quantitative estimate of drug-likeness (QED) is 0.622. The van der Waals surface area contributed by atoms with Crippen LogP contribution in [0.5, 0.6) is 0 Å². The van der Waals surface area contributed by atoms with Crippen LogP contribution >= 0.6 is 11.3 Å². The number of tetrazole rings is 1. The van der Waals surface area contributed by atoms with Gasteiger partial charge in [0.1, 0.15) is 6.33 Å². The van der Waals surface area contributed by atoms with Crippen LogP contribution in [-0.4, -0.2) is 31.1 Å². The van der Waals surface area contributed by atoms with Gasteiger partial charge in [0.15, 0.2) is 0 Å². The zero-order chi connectivity index (χ0) is 16.5. The van der Waals surface area contributed by atoms with Gasteiger partial charge in [-0.2, -0.15) is 4.68 Å². The number of carbonyl (C=O) groups is 1. The number of nitrogens with zero attached hydrogens (tertiary/aromatic N) is 5. The van der Waals surface area contributed by atoms with Crippen molar-refractivity contribution in [3.8, 4) is 5.69 Å². The third-order valence-electron chi connectivity index (χ3n) is 3.50. The van der Waals surface area contributed by atoms with E-state index in [1.165, 1.54) is 11.0 Å². The van der Waals surface area contributed by atoms with Crippen LogP contribution in [-0.2, 0) is 0 Å². The van der Waals surface area contributed by atoms with Crippen molar-refractivity contribution >= 4 is 33.1 Å². The molecule has 2 aromatic heterocycles. The molecule has 0 aliphatic heterocycles. The molecule has 8 heteroatoms. The Labute approximate surface area is 141 Å². The summed E-state index contributed by atoms with van der Waals surface area (Å²) in [6, 6.07) is 12.8. The first-order valence-corrected chi connectivity index (χ1v) is 8.03. The molecule has 24 heavy (non-hydrogen) atoms. The molecule has 0 fully saturated rings. The SMILES string of the molecule is Cc1nc2ccc(NC(=O)c3ccccc3-n3cnnn3)cc2s1. The number of anilines is 1. The molecule has 7 nitrogen and oxygen atoms in total. The monoisotopic (exact) mass is 336 g/mol. The third-order valence-corrected chi connectivity index (χ3v) is 4.43. The van der Waals surface area contributed by atoms with E-state index in [0.717, 1.165) is 20.9 Å². The van der Waals surface area contributed by atoms with Crippen LogP contribution in [0.25, 0.3) is 15.9 Å². The molecule has 0 spiro atoms. The number of amides is 1. The third kappa shape index (κ3) is 2.63. The van der Waals surface area contributed by atoms with Crippen molar-refractivity contribution in [3.63, 3.8) is 0 Å². The second-order valence-corrected chi connectivity index (χ2v) is 6.38. The molecular weight excluding hydrogens is 324 g/mol. The Kier molecular flexibility index (Phi) is 3.51. The fraction of sp³-hybridized carbons (Fsp3) is 0.0625. The molecule has 0 saturated carbocycles. The van der Waals surface area contributed by atoms with Gasteiger partial charge in [0.25, 0.3) is 5.91 Å². The van der Waals surface area contributed by atoms with Crippen molar-refractivity contribution in [3.05, 3.63) is 59.4 Å². The summed E-state index contributed by atoms with van der Waals surface area (Å²) in [5.41, 5.74) is 2.77. The predicted octanol–water partition coefficient (Wildman–Crippen LogP) is 2.83. The number of thiazole rings is 1. The van der Waals surface area contributed by atoms with Crippen LogP contribution in [0, 0.1) is 6.92 Å². The molecule has 2 heterocycles. The molecular formula is C16H12N6OS. The summed E-state index contributed by atoms with van der Waals surface area (Å²) in [7, 11) is 0. The van der Waals surface area contributed by atoms with Crippen molar-refractivity contribution in [2.75, 3.05) is 5.32 Å². The van der Waals surface area contributed by atoms with Gasteiger partial charge in [-0.05, 0) is 47.7 Å². The number of aromatic nitrogens is 5. The van der Waals surface area contributed by atoms with E-state index < -0.39 is 0 Å². The van der Waals surface area contributed by atoms with Gasteiger partial charge in [-0.3, -0.25) is 4.79 Å². The van der Waals surface area contributed by atoms with E-state index in [4.69, 9.17) is 0 Å². The maximum absolute atomic E-state index is 12.7. The number of hydrogen-bond acceptors (Lipinski definition) is 6. The smallest absolute Gasteiger partial charge is 0.257 e. The standard InChI is InChI=1S/C16H12N6OS/c1-10-18-13-7-6-11(8-15(13)24-10)19-16(23)12-4-2-3-5-14(12)22-9-17-20-21-22/h2-9H,1H3,(H,19,23). The van der Waals surface area contributed by atoms with Gasteiger partial charge >= 0.3 is 0 Å². The second-order valence-electron chi connectivity index (χ2n) is 5.14. The predicted molar refractivity (Wildman–Crippen MR) is 91.5 cm³/mol. The number of nitrogens with one attached hydrogen (secondary N) is 1. The lowest BCUT2D eigenvalue weighted by Crippen LogP contribution is -2.15.